The van der Waals surface area contributed by atoms with Crippen LogP contribution in [0.4, 0.5) is 5.69 Å². The van der Waals surface area contributed by atoms with Gasteiger partial charge in [-0.3, -0.25) is 14.2 Å². The van der Waals surface area contributed by atoms with Crippen LogP contribution < -0.4 is 15.4 Å². The summed E-state index contributed by atoms with van der Waals surface area (Å²) in [4.78, 5) is 28.6. The van der Waals surface area contributed by atoms with Gasteiger partial charge in [0.05, 0.1) is 18.6 Å². The summed E-state index contributed by atoms with van der Waals surface area (Å²) >= 11 is 1.33. The fourth-order valence-corrected chi connectivity index (χ4v) is 3.45. The molecule has 7 nitrogen and oxygen atoms in total. The highest BCUT2D eigenvalue weighted by molar-refractivity contribution is 7.99. The van der Waals surface area contributed by atoms with E-state index in [-0.39, 0.29) is 17.6 Å². The minimum Gasteiger partial charge on any atom is -0.497 e. The van der Waals surface area contributed by atoms with E-state index in [1.54, 1.807) is 37.6 Å². The number of imidazole rings is 1. The molecule has 0 aliphatic heterocycles. The minimum absolute atomic E-state index is 0.168. The molecule has 0 saturated heterocycles. The van der Waals surface area contributed by atoms with Crippen LogP contribution >= 0.6 is 11.8 Å². The number of amides is 2. The summed E-state index contributed by atoms with van der Waals surface area (Å²) in [5.74, 6) is 0.588. The number of hydrogen-bond donors (Lipinski definition) is 2. The highest BCUT2D eigenvalue weighted by Crippen LogP contribution is 2.23. The van der Waals surface area contributed by atoms with E-state index in [2.05, 4.69) is 15.6 Å². The maximum absolute atomic E-state index is 12.4. The highest BCUT2D eigenvalue weighted by atomic mass is 32.2. The summed E-state index contributed by atoms with van der Waals surface area (Å²) in [6.45, 7) is 2.40. The average molecular weight is 410 g/mol. The molecule has 0 bridgehead atoms. The molecule has 0 radical (unpaired) electrons. The molecule has 1 heterocycles. The third kappa shape index (κ3) is 5.39. The molecule has 0 aliphatic rings. The van der Waals surface area contributed by atoms with Gasteiger partial charge >= 0.3 is 0 Å². The van der Waals surface area contributed by atoms with Crippen LogP contribution in [0.15, 0.2) is 66.1 Å². The molecular formula is C21H22N4O3S. The number of carbonyl (C=O) groups is 2. The molecule has 0 fully saturated rings. The van der Waals surface area contributed by atoms with Crippen LogP contribution in [0.1, 0.15) is 17.3 Å². The third-order valence-corrected chi connectivity index (χ3v) is 4.98. The van der Waals surface area contributed by atoms with Gasteiger partial charge in [-0.15, -0.1) is 0 Å². The number of hydrogen-bond acceptors (Lipinski definition) is 5. The Morgan fingerprint density at radius 3 is 2.79 bits per heavy atom. The van der Waals surface area contributed by atoms with Crippen LogP contribution in [-0.2, 0) is 4.79 Å². The van der Waals surface area contributed by atoms with Crippen LogP contribution in [-0.4, -0.2) is 40.8 Å². The molecular weight excluding hydrogens is 388 g/mol. The van der Waals surface area contributed by atoms with Crippen molar-refractivity contribution in [1.82, 2.24) is 14.9 Å². The van der Waals surface area contributed by atoms with Gasteiger partial charge in [0.2, 0.25) is 5.91 Å². The van der Waals surface area contributed by atoms with E-state index in [4.69, 9.17) is 4.74 Å². The summed E-state index contributed by atoms with van der Waals surface area (Å²) in [7, 11) is 1.62. The number of anilines is 1. The Bertz CT molecular complexity index is 1000. The van der Waals surface area contributed by atoms with Crippen molar-refractivity contribution in [3.8, 4) is 11.4 Å². The fourth-order valence-electron chi connectivity index (χ4n) is 2.68. The maximum Gasteiger partial charge on any atom is 0.251 e. The minimum atomic E-state index is -0.178. The van der Waals surface area contributed by atoms with Crippen LogP contribution in [0.2, 0.25) is 0 Å². The molecule has 150 valence electrons. The highest BCUT2D eigenvalue weighted by Gasteiger charge is 2.11. The molecule has 3 rings (SSSR count). The molecule has 0 atom stereocenters. The lowest BCUT2D eigenvalue weighted by Crippen LogP contribution is -2.23. The first kappa shape index (κ1) is 20.5. The van der Waals surface area contributed by atoms with E-state index >= 15 is 0 Å². The summed E-state index contributed by atoms with van der Waals surface area (Å²) in [5.41, 5.74) is 1.99. The molecule has 3 aromatic rings. The van der Waals surface area contributed by atoms with E-state index in [1.807, 2.05) is 42.0 Å². The predicted octanol–water partition coefficient (Wildman–Crippen LogP) is 3.36. The number of benzene rings is 2. The first-order valence-corrected chi connectivity index (χ1v) is 10.1. The average Bonchev–Trinajstić information content (AvgIpc) is 3.21. The maximum atomic E-state index is 12.4. The van der Waals surface area contributed by atoms with Gasteiger partial charge < -0.3 is 15.4 Å². The molecule has 2 amide bonds. The molecule has 0 spiro atoms. The first-order valence-electron chi connectivity index (χ1n) is 9.09. The number of thioether (sulfide) groups is 1. The van der Waals surface area contributed by atoms with Gasteiger partial charge in [-0.25, -0.2) is 4.98 Å². The quantitative estimate of drug-likeness (QED) is 0.556. The third-order valence-electron chi connectivity index (χ3n) is 4.02. The lowest BCUT2D eigenvalue weighted by Gasteiger charge is -2.10. The fraction of sp³-hybridized carbons (Fsp3) is 0.190. The van der Waals surface area contributed by atoms with Gasteiger partial charge in [0.1, 0.15) is 5.75 Å². The molecule has 8 heteroatoms. The monoisotopic (exact) mass is 410 g/mol. The van der Waals surface area contributed by atoms with Crippen molar-refractivity contribution in [2.75, 3.05) is 24.7 Å². The summed E-state index contributed by atoms with van der Waals surface area (Å²) in [6, 6.07) is 14.5. The van der Waals surface area contributed by atoms with Crippen molar-refractivity contribution in [1.29, 1.82) is 0 Å². The number of nitrogens with zero attached hydrogens (tertiary/aromatic N) is 2. The smallest absolute Gasteiger partial charge is 0.251 e. The van der Waals surface area contributed by atoms with Gasteiger partial charge in [0.25, 0.3) is 5.91 Å². The lowest BCUT2D eigenvalue weighted by atomic mass is 10.2. The molecule has 2 N–H and O–H groups in total. The van der Waals surface area contributed by atoms with Gasteiger partial charge in [-0.2, -0.15) is 0 Å². The van der Waals surface area contributed by atoms with Crippen molar-refractivity contribution in [2.45, 2.75) is 12.1 Å². The van der Waals surface area contributed by atoms with Gasteiger partial charge in [-0.1, -0.05) is 23.9 Å². The van der Waals surface area contributed by atoms with Crippen molar-refractivity contribution in [3.05, 3.63) is 66.5 Å². The lowest BCUT2D eigenvalue weighted by molar-refractivity contribution is -0.113. The van der Waals surface area contributed by atoms with Crippen LogP contribution in [0, 0.1) is 0 Å². The second-order valence-electron chi connectivity index (χ2n) is 6.06. The number of nitrogens with one attached hydrogen (secondary N) is 2. The van der Waals surface area contributed by atoms with E-state index < -0.39 is 0 Å². The SMILES string of the molecule is CCNC(=O)c1cccc(NC(=O)CSc2nccn2-c2cccc(OC)c2)c1. The van der Waals surface area contributed by atoms with E-state index in [1.165, 1.54) is 11.8 Å². The zero-order valence-electron chi connectivity index (χ0n) is 16.2. The number of ether oxygens (including phenoxy) is 1. The number of aromatic nitrogens is 2. The Labute approximate surface area is 173 Å². The zero-order valence-corrected chi connectivity index (χ0v) is 17.0. The molecule has 1 aromatic heterocycles. The van der Waals surface area contributed by atoms with E-state index in [9.17, 15) is 9.59 Å². The van der Waals surface area contributed by atoms with Crippen molar-refractivity contribution in [3.63, 3.8) is 0 Å². The van der Waals surface area contributed by atoms with E-state index in [0.29, 0.717) is 23.0 Å². The second-order valence-corrected chi connectivity index (χ2v) is 7.00. The van der Waals surface area contributed by atoms with Crippen molar-refractivity contribution in [2.24, 2.45) is 0 Å². The Morgan fingerprint density at radius 1 is 1.17 bits per heavy atom. The molecule has 0 aliphatic carbocycles. The summed E-state index contributed by atoms with van der Waals surface area (Å²) < 4.78 is 7.16. The van der Waals surface area contributed by atoms with Gasteiger partial charge in [0, 0.05) is 36.3 Å². The summed E-state index contributed by atoms with van der Waals surface area (Å²) in [6.07, 6.45) is 3.53. The normalized spacial score (nSPS) is 10.4. The van der Waals surface area contributed by atoms with Crippen molar-refractivity contribution >= 4 is 29.3 Å². The molecule has 29 heavy (non-hydrogen) atoms. The zero-order chi connectivity index (χ0) is 20.6. The topological polar surface area (TPSA) is 85.3 Å². The van der Waals surface area contributed by atoms with Gasteiger partial charge in [-0.05, 0) is 37.3 Å². The number of rotatable bonds is 8. The molecule has 0 unspecified atom stereocenters. The number of methoxy groups -OCH3 is 1. The Balaban J connectivity index is 1.63. The van der Waals surface area contributed by atoms with Gasteiger partial charge in [0.15, 0.2) is 5.16 Å². The largest absolute Gasteiger partial charge is 0.497 e. The van der Waals surface area contributed by atoms with Crippen LogP contribution in [0.5, 0.6) is 5.75 Å². The van der Waals surface area contributed by atoms with Crippen LogP contribution in [0.25, 0.3) is 5.69 Å². The Hall–Kier alpha value is -3.26. The molecule has 0 saturated carbocycles. The summed E-state index contributed by atoms with van der Waals surface area (Å²) in [5, 5.41) is 6.26. The molecule has 2 aromatic carbocycles. The first-order chi connectivity index (χ1) is 14.1. The Kier molecular flexibility index (Phi) is 6.91. The number of carbonyl (C=O) groups excluding carboxylic acids is 2. The van der Waals surface area contributed by atoms with Crippen molar-refractivity contribution < 1.29 is 14.3 Å². The van der Waals surface area contributed by atoms with Crippen LogP contribution in [0.3, 0.4) is 0 Å². The van der Waals surface area contributed by atoms with E-state index in [0.717, 1.165) is 11.4 Å². The second kappa shape index (κ2) is 9.79. The predicted molar refractivity (Wildman–Crippen MR) is 114 cm³/mol. The Morgan fingerprint density at radius 2 is 2.00 bits per heavy atom. The standard InChI is InChI=1S/C21H22N4O3S/c1-3-22-20(27)15-6-4-7-16(12-15)24-19(26)14-29-21-23-10-11-25(21)17-8-5-9-18(13-17)28-2/h4-13H,3,14H2,1-2H3,(H,22,27)(H,24,26).